The molecule has 3 heterocycles. The monoisotopic (exact) mass is 350 g/mol. The SMILES string of the molecule is Cc1nc(CN2C[C@@H](Cc3ccnc4ccccc34)[C@H](O)C2)n(C)c1C. The molecule has 0 radical (unpaired) electrons. The van der Waals surface area contributed by atoms with Crippen molar-refractivity contribution in [1.82, 2.24) is 19.4 Å². The van der Waals surface area contributed by atoms with Crippen LogP contribution in [0.1, 0.15) is 22.8 Å². The second-order valence-corrected chi connectivity index (χ2v) is 7.47. The van der Waals surface area contributed by atoms with Crippen molar-refractivity contribution in [2.45, 2.75) is 32.9 Å². The maximum absolute atomic E-state index is 10.6. The van der Waals surface area contributed by atoms with Crippen LogP contribution in [0.4, 0.5) is 0 Å². The van der Waals surface area contributed by atoms with E-state index in [-0.39, 0.29) is 12.0 Å². The van der Waals surface area contributed by atoms with Crippen LogP contribution in [-0.2, 0) is 20.0 Å². The predicted molar refractivity (Wildman–Crippen MR) is 103 cm³/mol. The largest absolute Gasteiger partial charge is 0.391 e. The Labute approximate surface area is 154 Å². The number of imidazole rings is 1. The number of aryl methyl sites for hydroxylation is 1. The first-order valence-electron chi connectivity index (χ1n) is 9.24. The van der Waals surface area contributed by atoms with Crippen LogP contribution in [-0.4, -0.2) is 43.7 Å². The molecule has 0 spiro atoms. The van der Waals surface area contributed by atoms with Crippen LogP contribution in [0, 0.1) is 19.8 Å². The van der Waals surface area contributed by atoms with Crippen LogP contribution < -0.4 is 0 Å². The normalized spacial score (nSPS) is 20.9. The van der Waals surface area contributed by atoms with Gasteiger partial charge in [0.15, 0.2) is 0 Å². The summed E-state index contributed by atoms with van der Waals surface area (Å²) in [5.41, 5.74) is 4.58. The first-order valence-corrected chi connectivity index (χ1v) is 9.24. The first-order chi connectivity index (χ1) is 12.5. The number of rotatable bonds is 4. The van der Waals surface area contributed by atoms with Gasteiger partial charge in [-0.1, -0.05) is 18.2 Å². The number of fused-ring (bicyclic) bond motifs is 1. The van der Waals surface area contributed by atoms with E-state index >= 15 is 0 Å². The van der Waals surface area contributed by atoms with Crippen LogP contribution in [0.2, 0.25) is 0 Å². The third kappa shape index (κ3) is 3.13. The number of hydrogen-bond donors (Lipinski definition) is 1. The molecule has 1 saturated heterocycles. The quantitative estimate of drug-likeness (QED) is 0.786. The minimum absolute atomic E-state index is 0.239. The zero-order valence-electron chi connectivity index (χ0n) is 15.7. The summed E-state index contributed by atoms with van der Waals surface area (Å²) in [6.07, 6.45) is 2.44. The topological polar surface area (TPSA) is 54.2 Å². The molecule has 0 bridgehead atoms. The first kappa shape index (κ1) is 17.2. The van der Waals surface area contributed by atoms with Gasteiger partial charge in [-0.25, -0.2) is 4.98 Å². The summed E-state index contributed by atoms with van der Waals surface area (Å²) in [5, 5.41) is 11.8. The number of aliphatic hydroxyl groups is 1. The lowest BCUT2D eigenvalue weighted by atomic mass is 9.94. The van der Waals surface area contributed by atoms with Gasteiger partial charge >= 0.3 is 0 Å². The van der Waals surface area contributed by atoms with Crippen molar-refractivity contribution >= 4 is 10.9 Å². The van der Waals surface area contributed by atoms with E-state index in [4.69, 9.17) is 0 Å². The van der Waals surface area contributed by atoms with Crippen LogP contribution in [0.3, 0.4) is 0 Å². The summed E-state index contributed by atoms with van der Waals surface area (Å²) in [6, 6.07) is 10.3. The molecule has 5 heteroatoms. The molecule has 1 aliphatic rings. The molecular weight excluding hydrogens is 324 g/mol. The van der Waals surface area contributed by atoms with Crippen molar-refractivity contribution in [3.63, 3.8) is 0 Å². The van der Waals surface area contributed by atoms with Crippen molar-refractivity contribution in [2.75, 3.05) is 13.1 Å². The van der Waals surface area contributed by atoms with E-state index in [1.807, 2.05) is 18.3 Å². The van der Waals surface area contributed by atoms with Gasteiger partial charge in [-0.2, -0.15) is 0 Å². The van der Waals surface area contributed by atoms with Gasteiger partial charge in [-0.3, -0.25) is 9.88 Å². The van der Waals surface area contributed by atoms with E-state index in [1.165, 1.54) is 16.6 Å². The summed E-state index contributed by atoms with van der Waals surface area (Å²) in [6.45, 7) is 6.54. The van der Waals surface area contributed by atoms with Crippen LogP contribution in [0.5, 0.6) is 0 Å². The third-order valence-corrected chi connectivity index (χ3v) is 5.78. The zero-order chi connectivity index (χ0) is 18.3. The minimum Gasteiger partial charge on any atom is -0.391 e. The van der Waals surface area contributed by atoms with Crippen LogP contribution in [0.25, 0.3) is 10.9 Å². The molecule has 2 aromatic heterocycles. The molecule has 0 amide bonds. The fourth-order valence-electron chi connectivity index (χ4n) is 4.01. The van der Waals surface area contributed by atoms with Gasteiger partial charge in [0.2, 0.25) is 0 Å². The minimum atomic E-state index is -0.301. The number of hydrogen-bond acceptors (Lipinski definition) is 4. The summed E-state index contributed by atoms with van der Waals surface area (Å²) in [5.74, 6) is 1.31. The summed E-state index contributed by atoms with van der Waals surface area (Å²) >= 11 is 0. The predicted octanol–water partition coefficient (Wildman–Crippen LogP) is 2.62. The Morgan fingerprint density at radius 3 is 2.73 bits per heavy atom. The molecule has 1 fully saturated rings. The highest BCUT2D eigenvalue weighted by Crippen LogP contribution is 2.26. The maximum atomic E-state index is 10.6. The highest BCUT2D eigenvalue weighted by molar-refractivity contribution is 5.81. The fraction of sp³-hybridized carbons (Fsp3) is 0.429. The van der Waals surface area contributed by atoms with Crippen LogP contribution >= 0.6 is 0 Å². The molecule has 0 unspecified atom stereocenters. The maximum Gasteiger partial charge on any atom is 0.123 e. The van der Waals surface area contributed by atoms with Crippen molar-refractivity contribution in [3.8, 4) is 0 Å². The van der Waals surface area contributed by atoms with E-state index in [1.54, 1.807) is 0 Å². The number of aromatic nitrogens is 3. The van der Waals surface area contributed by atoms with E-state index in [0.29, 0.717) is 6.54 Å². The van der Waals surface area contributed by atoms with Gasteiger partial charge in [0.25, 0.3) is 0 Å². The Kier molecular flexibility index (Phi) is 4.51. The Morgan fingerprint density at radius 1 is 1.15 bits per heavy atom. The van der Waals surface area contributed by atoms with Crippen molar-refractivity contribution in [3.05, 3.63) is 59.3 Å². The Balaban J connectivity index is 1.49. The summed E-state index contributed by atoms with van der Waals surface area (Å²) < 4.78 is 2.16. The molecule has 0 saturated carbocycles. The van der Waals surface area contributed by atoms with Crippen molar-refractivity contribution < 1.29 is 5.11 Å². The Bertz CT molecular complexity index is 928. The average Bonchev–Trinajstić information content (AvgIpc) is 3.10. The number of para-hydroxylation sites is 1. The van der Waals surface area contributed by atoms with E-state index < -0.39 is 0 Å². The smallest absolute Gasteiger partial charge is 0.123 e. The van der Waals surface area contributed by atoms with Gasteiger partial charge < -0.3 is 9.67 Å². The highest BCUT2D eigenvalue weighted by Gasteiger charge is 2.32. The van der Waals surface area contributed by atoms with Gasteiger partial charge in [0.05, 0.1) is 23.9 Å². The van der Waals surface area contributed by atoms with Gasteiger partial charge in [0.1, 0.15) is 5.82 Å². The molecule has 5 nitrogen and oxygen atoms in total. The fourth-order valence-corrected chi connectivity index (χ4v) is 4.01. The number of nitrogens with zero attached hydrogens (tertiary/aromatic N) is 4. The molecule has 136 valence electrons. The number of aliphatic hydroxyl groups excluding tert-OH is 1. The van der Waals surface area contributed by atoms with E-state index in [9.17, 15) is 5.11 Å². The highest BCUT2D eigenvalue weighted by atomic mass is 16.3. The molecule has 2 atom stereocenters. The molecule has 0 aliphatic carbocycles. The van der Waals surface area contributed by atoms with E-state index in [0.717, 1.165) is 36.5 Å². The van der Waals surface area contributed by atoms with Gasteiger partial charge in [-0.05, 0) is 38.0 Å². The lowest BCUT2D eigenvalue weighted by molar-refractivity contribution is 0.141. The number of β-amino-alcohol motifs (C(OH)–C–C–N with tert-alkyl or cyclic N) is 1. The lowest BCUT2D eigenvalue weighted by Crippen LogP contribution is -2.23. The average molecular weight is 350 g/mol. The zero-order valence-corrected chi connectivity index (χ0v) is 15.7. The molecule has 1 N–H and O–H groups in total. The Morgan fingerprint density at radius 2 is 1.96 bits per heavy atom. The standard InChI is InChI=1S/C21H26N4O/c1-14-15(2)24(3)21(23-14)13-25-11-17(20(26)12-25)10-16-8-9-22-19-7-5-4-6-18(16)19/h4-9,17,20,26H,10-13H2,1-3H3/t17-,20-/m1/s1. The lowest BCUT2D eigenvalue weighted by Gasteiger charge is -2.16. The van der Waals surface area contributed by atoms with Crippen molar-refractivity contribution in [1.29, 1.82) is 0 Å². The number of benzene rings is 1. The molecule has 4 rings (SSSR count). The number of pyridine rings is 1. The second kappa shape index (κ2) is 6.82. The second-order valence-electron chi connectivity index (χ2n) is 7.47. The van der Waals surface area contributed by atoms with E-state index in [2.05, 4.69) is 58.5 Å². The van der Waals surface area contributed by atoms with Crippen LogP contribution in [0.15, 0.2) is 36.5 Å². The number of likely N-dealkylation sites (tertiary alicyclic amines) is 1. The van der Waals surface area contributed by atoms with Gasteiger partial charge in [-0.15, -0.1) is 0 Å². The molecule has 1 aliphatic heterocycles. The Hall–Kier alpha value is -2.24. The third-order valence-electron chi connectivity index (χ3n) is 5.78. The van der Waals surface area contributed by atoms with Gasteiger partial charge in [0, 0.05) is 43.3 Å². The van der Waals surface area contributed by atoms with Crippen molar-refractivity contribution in [2.24, 2.45) is 13.0 Å². The molecule has 1 aromatic carbocycles. The summed E-state index contributed by atoms with van der Waals surface area (Å²) in [7, 11) is 2.07. The molecule has 3 aromatic rings. The molecule has 26 heavy (non-hydrogen) atoms. The summed E-state index contributed by atoms with van der Waals surface area (Å²) in [4.78, 5) is 11.4. The molecular formula is C21H26N4O.